The van der Waals surface area contributed by atoms with Gasteiger partial charge < -0.3 is 15.4 Å². The molecule has 0 bridgehead atoms. The van der Waals surface area contributed by atoms with Crippen molar-refractivity contribution in [3.8, 4) is 0 Å². The first-order valence-corrected chi connectivity index (χ1v) is 8.78. The lowest BCUT2D eigenvalue weighted by Crippen LogP contribution is -2.42. The first-order valence-electron chi connectivity index (χ1n) is 7.99. The van der Waals surface area contributed by atoms with E-state index >= 15 is 0 Å². The molecule has 6 heteroatoms. The quantitative estimate of drug-likeness (QED) is 0.771. The summed E-state index contributed by atoms with van der Waals surface area (Å²) in [5, 5.41) is 5.78. The second-order valence-electron chi connectivity index (χ2n) is 6.34. The maximum atomic E-state index is 12.6. The Morgan fingerprint density at radius 3 is 2.74 bits per heavy atom. The zero-order valence-electron chi connectivity index (χ0n) is 13.2. The van der Waals surface area contributed by atoms with Crippen molar-refractivity contribution in [2.45, 2.75) is 38.7 Å². The molecule has 23 heavy (non-hydrogen) atoms. The monoisotopic (exact) mass is 380 g/mol. The zero-order chi connectivity index (χ0) is 16.4. The van der Waals surface area contributed by atoms with Crippen LogP contribution in [-0.4, -0.2) is 31.1 Å². The van der Waals surface area contributed by atoms with Crippen molar-refractivity contribution >= 4 is 33.4 Å². The Labute approximate surface area is 144 Å². The standard InChI is InChI=1S/C17H21BrN2O3/c1-11-9-12(18)4-5-14(11)20-16(22)17(6-7-17)15(21)19-10-13-3-2-8-23-13/h4-5,9,13H,2-3,6-8,10H2,1H3,(H,19,21)(H,20,22). The predicted molar refractivity (Wildman–Crippen MR) is 91.2 cm³/mol. The molecule has 1 atom stereocenters. The molecule has 0 spiro atoms. The summed E-state index contributed by atoms with van der Waals surface area (Å²) in [5.74, 6) is -0.395. The molecule has 2 fully saturated rings. The lowest BCUT2D eigenvalue weighted by molar-refractivity contribution is -0.134. The van der Waals surface area contributed by atoms with E-state index in [4.69, 9.17) is 4.74 Å². The summed E-state index contributed by atoms with van der Waals surface area (Å²) in [5.41, 5.74) is 0.803. The van der Waals surface area contributed by atoms with E-state index in [-0.39, 0.29) is 17.9 Å². The van der Waals surface area contributed by atoms with Crippen LogP contribution in [0.25, 0.3) is 0 Å². The van der Waals surface area contributed by atoms with E-state index in [1.54, 1.807) is 0 Å². The van der Waals surface area contributed by atoms with Crippen LogP contribution in [0.1, 0.15) is 31.2 Å². The SMILES string of the molecule is Cc1cc(Br)ccc1NC(=O)C1(C(=O)NCC2CCCO2)CC1. The van der Waals surface area contributed by atoms with E-state index in [9.17, 15) is 9.59 Å². The predicted octanol–water partition coefficient (Wildman–Crippen LogP) is 2.77. The van der Waals surface area contributed by atoms with Crippen LogP contribution in [0, 0.1) is 12.3 Å². The average molecular weight is 381 g/mol. The Bertz CT molecular complexity index is 622. The third kappa shape index (κ3) is 3.58. The molecule has 2 amide bonds. The van der Waals surface area contributed by atoms with Gasteiger partial charge in [-0.3, -0.25) is 9.59 Å². The topological polar surface area (TPSA) is 67.4 Å². The van der Waals surface area contributed by atoms with E-state index in [1.807, 2.05) is 25.1 Å². The Kier molecular flexibility index (Phi) is 4.73. The number of hydrogen-bond donors (Lipinski definition) is 2. The normalized spacial score (nSPS) is 21.7. The van der Waals surface area contributed by atoms with Gasteiger partial charge in [0.2, 0.25) is 11.8 Å². The minimum absolute atomic E-state index is 0.0894. The third-order valence-electron chi connectivity index (χ3n) is 4.57. The number of carbonyl (C=O) groups is 2. The largest absolute Gasteiger partial charge is 0.376 e. The maximum absolute atomic E-state index is 12.6. The molecule has 124 valence electrons. The summed E-state index contributed by atoms with van der Waals surface area (Å²) in [6.45, 7) is 3.18. The molecule has 2 aliphatic rings. The number of aryl methyl sites for hydroxylation is 1. The van der Waals surface area contributed by atoms with Crippen molar-refractivity contribution in [2.75, 3.05) is 18.5 Å². The van der Waals surface area contributed by atoms with Crippen LogP contribution in [0.3, 0.4) is 0 Å². The molecule has 1 heterocycles. The highest BCUT2D eigenvalue weighted by atomic mass is 79.9. The molecule has 1 aliphatic carbocycles. The number of rotatable bonds is 5. The molecule has 3 rings (SSSR count). The molecular formula is C17H21BrN2O3. The molecule has 1 saturated heterocycles. The van der Waals surface area contributed by atoms with Crippen LogP contribution in [-0.2, 0) is 14.3 Å². The van der Waals surface area contributed by atoms with Gasteiger partial charge in [0, 0.05) is 23.3 Å². The van der Waals surface area contributed by atoms with E-state index in [1.165, 1.54) is 0 Å². The number of amides is 2. The van der Waals surface area contributed by atoms with Crippen molar-refractivity contribution in [1.82, 2.24) is 5.32 Å². The lowest BCUT2D eigenvalue weighted by atomic mass is 10.0. The van der Waals surface area contributed by atoms with Crippen LogP contribution >= 0.6 is 15.9 Å². The average Bonchev–Trinajstić information content (AvgIpc) is 3.17. The number of carbonyl (C=O) groups excluding carboxylic acids is 2. The Morgan fingerprint density at radius 2 is 2.13 bits per heavy atom. The summed E-state index contributed by atoms with van der Waals surface area (Å²) in [6, 6.07) is 5.66. The molecular weight excluding hydrogens is 360 g/mol. The molecule has 1 aromatic rings. The van der Waals surface area contributed by atoms with Gasteiger partial charge in [0.05, 0.1) is 6.10 Å². The lowest BCUT2D eigenvalue weighted by Gasteiger charge is -2.18. The van der Waals surface area contributed by atoms with Crippen molar-refractivity contribution < 1.29 is 14.3 Å². The zero-order valence-corrected chi connectivity index (χ0v) is 14.7. The van der Waals surface area contributed by atoms with E-state index in [2.05, 4.69) is 26.6 Å². The van der Waals surface area contributed by atoms with Crippen molar-refractivity contribution in [3.63, 3.8) is 0 Å². The third-order valence-corrected chi connectivity index (χ3v) is 5.06. The minimum Gasteiger partial charge on any atom is -0.376 e. The summed E-state index contributed by atoms with van der Waals surface area (Å²) in [4.78, 5) is 25.0. The van der Waals surface area contributed by atoms with Gasteiger partial charge >= 0.3 is 0 Å². The second kappa shape index (κ2) is 6.61. The van der Waals surface area contributed by atoms with Gasteiger partial charge in [0.15, 0.2) is 0 Å². The fourth-order valence-corrected chi connectivity index (χ4v) is 3.35. The van der Waals surface area contributed by atoms with Gasteiger partial charge in [-0.1, -0.05) is 15.9 Å². The van der Waals surface area contributed by atoms with Crippen LogP contribution in [0.5, 0.6) is 0 Å². The van der Waals surface area contributed by atoms with Gasteiger partial charge in [0.1, 0.15) is 5.41 Å². The van der Waals surface area contributed by atoms with Gasteiger partial charge in [0.25, 0.3) is 0 Å². The van der Waals surface area contributed by atoms with Crippen LogP contribution < -0.4 is 10.6 Å². The molecule has 0 radical (unpaired) electrons. The van der Waals surface area contributed by atoms with E-state index in [0.29, 0.717) is 19.4 Å². The second-order valence-corrected chi connectivity index (χ2v) is 7.26. The van der Waals surface area contributed by atoms with Gasteiger partial charge in [-0.25, -0.2) is 0 Å². The highest BCUT2D eigenvalue weighted by Gasteiger charge is 2.56. The Hall–Kier alpha value is -1.40. The van der Waals surface area contributed by atoms with E-state index in [0.717, 1.165) is 35.2 Å². The van der Waals surface area contributed by atoms with Gasteiger partial charge in [-0.2, -0.15) is 0 Å². The fraction of sp³-hybridized carbons (Fsp3) is 0.529. The summed E-state index contributed by atoms with van der Waals surface area (Å²) in [7, 11) is 0. The van der Waals surface area contributed by atoms with Gasteiger partial charge in [-0.15, -0.1) is 0 Å². The number of benzene rings is 1. The number of nitrogens with one attached hydrogen (secondary N) is 2. The molecule has 1 saturated carbocycles. The van der Waals surface area contributed by atoms with Crippen LogP contribution in [0.4, 0.5) is 5.69 Å². The molecule has 1 unspecified atom stereocenters. The van der Waals surface area contributed by atoms with Crippen LogP contribution in [0.2, 0.25) is 0 Å². The first-order chi connectivity index (χ1) is 11.0. The summed E-state index contributed by atoms with van der Waals surface area (Å²) < 4.78 is 6.46. The summed E-state index contributed by atoms with van der Waals surface area (Å²) >= 11 is 3.40. The molecule has 0 aromatic heterocycles. The molecule has 1 aromatic carbocycles. The maximum Gasteiger partial charge on any atom is 0.240 e. The van der Waals surface area contributed by atoms with Crippen molar-refractivity contribution in [3.05, 3.63) is 28.2 Å². The molecule has 5 nitrogen and oxygen atoms in total. The fourth-order valence-electron chi connectivity index (χ4n) is 2.87. The minimum atomic E-state index is -0.905. The number of halogens is 1. The Balaban J connectivity index is 1.60. The first kappa shape index (κ1) is 16.5. The Morgan fingerprint density at radius 1 is 1.35 bits per heavy atom. The molecule has 2 N–H and O–H groups in total. The highest BCUT2D eigenvalue weighted by Crippen LogP contribution is 2.47. The number of anilines is 1. The van der Waals surface area contributed by atoms with Gasteiger partial charge in [-0.05, 0) is 56.4 Å². The van der Waals surface area contributed by atoms with Crippen LogP contribution in [0.15, 0.2) is 22.7 Å². The number of hydrogen-bond acceptors (Lipinski definition) is 3. The van der Waals surface area contributed by atoms with E-state index < -0.39 is 5.41 Å². The molecule has 1 aliphatic heterocycles. The smallest absolute Gasteiger partial charge is 0.240 e. The van der Waals surface area contributed by atoms with Crippen molar-refractivity contribution in [1.29, 1.82) is 0 Å². The highest BCUT2D eigenvalue weighted by molar-refractivity contribution is 9.10. The van der Waals surface area contributed by atoms with Crippen molar-refractivity contribution in [2.24, 2.45) is 5.41 Å². The number of ether oxygens (including phenoxy) is 1. The summed E-state index contributed by atoms with van der Waals surface area (Å²) in [6.07, 6.45) is 3.30.